The van der Waals surface area contributed by atoms with Gasteiger partial charge in [-0.3, -0.25) is 19.3 Å². The van der Waals surface area contributed by atoms with Gasteiger partial charge in [0.25, 0.3) is 5.56 Å². The highest BCUT2D eigenvalue weighted by atomic mass is 35.5. The molecule has 208 valence electrons. The van der Waals surface area contributed by atoms with Crippen molar-refractivity contribution in [1.82, 2.24) is 24.5 Å². The van der Waals surface area contributed by atoms with Gasteiger partial charge in [0, 0.05) is 49.2 Å². The van der Waals surface area contributed by atoms with Crippen LogP contribution < -0.4 is 15.2 Å². The molecule has 0 aromatic carbocycles. The summed E-state index contributed by atoms with van der Waals surface area (Å²) in [6, 6.07) is 5.76. The van der Waals surface area contributed by atoms with Crippen LogP contribution in [-0.4, -0.2) is 48.3 Å². The number of halogens is 3. The fraction of sp³-hybridized carbons (Fsp3) is 0.321. The van der Waals surface area contributed by atoms with E-state index in [1.807, 2.05) is 11.8 Å². The molecule has 4 aromatic heterocycles. The maximum absolute atomic E-state index is 14.0. The molecule has 1 saturated heterocycles. The molecule has 9 nitrogen and oxygen atoms in total. The van der Waals surface area contributed by atoms with Gasteiger partial charge in [0.1, 0.15) is 28.9 Å². The van der Waals surface area contributed by atoms with Crippen LogP contribution in [0.5, 0.6) is 5.75 Å². The molecule has 12 heteroatoms. The lowest BCUT2D eigenvalue weighted by molar-refractivity contribution is 0.00416. The van der Waals surface area contributed by atoms with E-state index in [4.69, 9.17) is 16.3 Å². The highest BCUT2D eigenvalue weighted by molar-refractivity contribution is 6.31. The maximum atomic E-state index is 14.0. The highest BCUT2D eigenvalue weighted by Gasteiger charge is 2.38. The van der Waals surface area contributed by atoms with E-state index in [0.29, 0.717) is 47.9 Å². The van der Waals surface area contributed by atoms with Crippen LogP contribution in [0.15, 0.2) is 47.7 Å². The van der Waals surface area contributed by atoms with E-state index >= 15 is 0 Å². The second-order valence-electron chi connectivity index (χ2n) is 10.3. The van der Waals surface area contributed by atoms with Crippen molar-refractivity contribution >= 4 is 17.5 Å². The summed E-state index contributed by atoms with van der Waals surface area (Å²) in [5.41, 5.74) is 1.47. The van der Waals surface area contributed by atoms with Crippen LogP contribution in [0.25, 0.3) is 17.1 Å². The van der Waals surface area contributed by atoms with Crippen LogP contribution in [0.4, 0.5) is 14.7 Å². The van der Waals surface area contributed by atoms with Gasteiger partial charge in [-0.15, -0.1) is 0 Å². The number of nitrogens with zero attached hydrogens (tertiary/aromatic N) is 6. The molecule has 5 heterocycles. The Hall–Kier alpha value is -3.96. The molecule has 0 saturated carbocycles. The molecule has 0 radical (unpaired) electrons. The Morgan fingerprint density at radius 1 is 1.10 bits per heavy atom. The molecule has 0 amide bonds. The normalized spacial score (nSPS) is 13.8. The molecule has 40 heavy (non-hydrogen) atoms. The second-order valence-corrected chi connectivity index (χ2v) is 10.7. The number of anilines is 1. The lowest BCUT2D eigenvalue weighted by atomic mass is 9.85. The summed E-state index contributed by atoms with van der Waals surface area (Å²) in [7, 11) is 0. The van der Waals surface area contributed by atoms with Crippen molar-refractivity contribution in [2.45, 2.75) is 39.9 Å². The van der Waals surface area contributed by atoms with E-state index in [1.54, 1.807) is 51.4 Å². The van der Waals surface area contributed by atoms with Gasteiger partial charge in [-0.25, -0.2) is 18.7 Å². The summed E-state index contributed by atoms with van der Waals surface area (Å²) in [5, 5.41) is 10.0. The first-order chi connectivity index (χ1) is 18.9. The molecule has 4 aromatic rings. The Bertz CT molecular complexity index is 1650. The van der Waals surface area contributed by atoms with Gasteiger partial charge >= 0.3 is 0 Å². The predicted molar refractivity (Wildman–Crippen MR) is 146 cm³/mol. The van der Waals surface area contributed by atoms with Gasteiger partial charge in [0.05, 0.1) is 28.9 Å². The zero-order valence-electron chi connectivity index (χ0n) is 22.3. The quantitative estimate of drug-likeness (QED) is 0.349. The number of aromatic nitrogens is 5. The minimum atomic E-state index is -0.861. The van der Waals surface area contributed by atoms with E-state index in [0.717, 1.165) is 11.8 Å². The zero-order chi connectivity index (χ0) is 28.8. The van der Waals surface area contributed by atoms with Crippen molar-refractivity contribution in [2.24, 2.45) is 5.92 Å². The molecule has 0 spiro atoms. The van der Waals surface area contributed by atoms with Crippen molar-refractivity contribution < 1.29 is 18.6 Å². The largest absolute Gasteiger partial charge is 0.485 e. The lowest BCUT2D eigenvalue weighted by Crippen LogP contribution is -2.56. The summed E-state index contributed by atoms with van der Waals surface area (Å²) in [6.07, 6.45) is 4.18. The van der Waals surface area contributed by atoms with E-state index in [2.05, 4.69) is 19.9 Å². The van der Waals surface area contributed by atoms with Crippen LogP contribution >= 0.6 is 11.6 Å². The number of ether oxygens (including phenoxy) is 1. The third-order valence-electron chi connectivity index (χ3n) is 6.93. The second kappa shape index (κ2) is 10.5. The molecule has 1 aliphatic rings. The first-order valence-corrected chi connectivity index (χ1v) is 12.9. The molecule has 0 aliphatic carbocycles. The Morgan fingerprint density at radius 3 is 2.55 bits per heavy atom. The van der Waals surface area contributed by atoms with Gasteiger partial charge in [-0.2, -0.15) is 0 Å². The summed E-state index contributed by atoms with van der Waals surface area (Å²) in [4.78, 5) is 32.6. The van der Waals surface area contributed by atoms with Crippen LogP contribution in [0.2, 0.25) is 5.02 Å². The number of aliphatic hydroxyl groups is 1. The van der Waals surface area contributed by atoms with Crippen molar-refractivity contribution in [1.29, 1.82) is 0 Å². The SMILES string of the molecule is Cc1cnc(-c2ccnc(N3CC(C(C)(C)O)C3)n2)cc1-n1c(C)cc(OCc2ncc(F)cc2F)c(Cl)c1=O. The van der Waals surface area contributed by atoms with Crippen LogP contribution in [0, 0.1) is 31.4 Å². The number of aryl methyl sites for hydroxylation is 2. The average molecular weight is 569 g/mol. The first kappa shape index (κ1) is 27.6. The predicted octanol–water partition coefficient (Wildman–Crippen LogP) is 4.42. The Labute approximate surface area is 234 Å². The minimum Gasteiger partial charge on any atom is -0.485 e. The number of hydrogen-bond acceptors (Lipinski definition) is 8. The highest BCUT2D eigenvalue weighted by Crippen LogP contribution is 2.31. The monoisotopic (exact) mass is 568 g/mol. The summed E-state index contributed by atoms with van der Waals surface area (Å²) < 4.78 is 34.1. The molecule has 0 atom stereocenters. The van der Waals surface area contributed by atoms with Crippen molar-refractivity contribution in [2.75, 3.05) is 18.0 Å². The fourth-order valence-electron chi connectivity index (χ4n) is 4.41. The third kappa shape index (κ3) is 5.39. The van der Waals surface area contributed by atoms with Gasteiger partial charge in [-0.05, 0) is 45.4 Å². The third-order valence-corrected chi connectivity index (χ3v) is 7.28. The molecule has 0 unspecified atom stereocenters. The van der Waals surface area contributed by atoms with Crippen LogP contribution in [0.1, 0.15) is 30.8 Å². The molecule has 0 bridgehead atoms. The van der Waals surface area contributed by atoms with Crippen LogP contribution in [-0.2, 0) is 6.61 Å². The molecule has 1 N–H and O–H groups in total. The first-order valence-electron chi connectivity index (χ1n) is 12.5. The maximum Gasteiger partial charge on any atom is 0.277 e. The lowest BCUT2D eigenvalue weighted by Gasteiger charge is -2.45. The van der Waals surface area contributed by atoms with E-state index in [9.17, 15) is 18.7 Å². The van der Waals surface area contributed by atoms with Gasteiger partial charge in [-0.1, -0.05) is 11.6 Å². The Balaban J connectivity index is 1.43. The smallest absolute Gasteiger partial charge is 0.277 e. The summed E-state index contributed by atoms with van der Waals surface area (Å²) >= 11 is 6.39. The molecular formula is C28H27ClF2N6O3. The summed E-state index contributed by atoms with van der Waals surface area (Å²) in [6.45, 7) is 8.07. The van der Waals surface area contributed by atoms with Gasteiger partial charge in [0.15, 0.2) is 5.82 Å². The van der Waals surface area contributed by atoms with Gasteiger partial charge in [0.2, 0.25) is 5.95 Å². The zero-order valence-corrected chi connectivity index (χ0v) is 23.1. The average Bonchev–Trinajstić information content (AvgIpc) is 2.86. The Kier molecular flexibility index (Phi) is 7.28. The van der Waals surface area contributed by atoms with Crippen molar-refractivity contribution in [3.05, 3.63) is 86.8 Å². The minimum absolute atomic E-state index is 0.0530. The van der Waals surface area contributed by atoms with Crippen LogP contribution in [0.3, 0.4) is 0 Å². The van der Waals surface area contributed by atoms with Crippen molar-refractivity contribution in [3.63, 3.8) is 0 Å². The molecule has 5 rings (SSSR count). The van der Waals surface area contributed by atoms with Crippen molar-refractivity contribution in [3.8, 4) is 22.8 Å². The standard InChI is InChI=1S/C28H27ClF2N6O3/c1-15-10-33-21(20-5-6-32-27(35-20)36-12-17(13-36)28(3,4)39)9-23(15)37-16(2)7-24(25(29)26(37)38)40-14-22-19(31)8-18(30)11-34-22/h5-11,17,39H,12-14H2,1-4H3. The summed E-state index contributed by atoms with van der Waals surface area (Å²) in [5.74, 6) is -0.950. The number of hydrogen-bond donors (Lipinski definition) is 1. The topological polar surface area (TPSA) is 106 Å². The number of rotatable bonds is 7. The van der Waals surface area contributed by atoms with E-state index in [-0.39, 0.29) is 29.0 Å². The molecular weight excluding hydrogens is 542 g/mol. The molecule has 1 aliphatic heterocycles. The fourth-order valence-corrected chi connectivity index (χ4v) is 4.60. The molecule has 1 fully saturated rings. The van der Waals surface area contributed by atoms with E-state index in [1.165, 1.54) is 4.57 Å². The number of pyridine rings is 3. The van der Waals surface area contributed by atoms with E-state index < -0.39 is 22.8 Å². The Morgan fingerprint density at radius 2 is 1.85 bits per heavy atom. The van der Waals surface area contributed by atoms with Gasteiger partial charge < -0.3 is 14.7 Å².